The highest BCUT2D eigenvalue weighted by Crippen LogP contribution is 2.17. The fraction of sp³-hybridized carbons (Fsp3) is 0.300. The highest BCUT2D eigenvalue weighted by molar-refractivity contribution is 5.51. The first-order chi connectivity index (χ1) is 12.7. The van der Waals surface area contributed by atoms with E-state index in [2.05, 4.69) is 21.6 Å². The predicted octanol–water partition coefficient (Wildman–Crippen LogP) is 3.63. The van der Waals surface area contributed by atoms with Crippen LogP contribution in [0.5, 0.6) is 0 Å². The molecule has 2 saturated heterocycles. The quantitative estimate of drug-likeness (QED) is 0.478. The minimum Gasteiger partial charge on any atom is -0.377 e. The van der Waals surface area contributed by atoms with Gasteiger partial charge >= 0.3 is 0 Å². The summed E-state index contributed by atoms with van der Waals surface area (Å²) in [6.07, 6.45) is 4.35. The zero-order valence-corrected chi connectivity index (χ0v) is 14.6. The number of isocyanates is 2. The van der Waals surface area contributed by atoms with Gasteiger partial charge in [0.25, 0.3) is 0 Å². The molecular weight excluding hydrogens is 332 g/mol. The second kappa shape index (κ2) is 10.9. The second-order valence-corrected chi connectivity index (χ2v) is 5.67. The van der Waals surface area contributed by atoms with Crippen LogP contribution in [0.2, 0.25) is 0 Å². The van der Waals surface area contributed by atoms with Gasteiger partial charge in [-0.3, -0.25) is 0 Å². The molecular formula is C20H20N2O4. The van der Waals surface area contributed by atoms with E-state index in [0.29, 0.717) is 17.5 Å². The standard InChI is InChI=1S/C15H10N2O2.C3H6O.C2H4O/c18-10-16-14-5-1-12(2-6-14)9-13-3-7-15(8-4-13)17-11-19;1-3-2-4-3;1-2-3-1/h1-8H,9H2;3H,2H2,1H3;1-2H2. The SMILES string of the molecule is C1CO1.CC1CO1.O=C=Nc1ccc(Cc2ccc(N=C=O)cc2)cc1. The van der Waals surface area contributed by atoms with Crippen molar-refractivity contribution in [2.75, 3.05) is 19.8 Å². The summed E-state index contributed by atoms with van der Waals surface area (Å²) in [6.45, 7) is 5.04. The van der Waals surface area contributed by atoms with Gasteiger partial charge in [0.2, 0.25) is 12.2 Å². The van der Waals surface area contributed by atoms with Crippen molar-refractivity contribution in [2.24, 2.45) is 9.98 Å². The molecule has 2 aliphatic heterocycles. The second-order valence-electron chi connectivity index (χ2n) is 5.67. The zero-order chi connectivity index (χ0) is 18.6. The normalized spacial score (nSPS) is 15.7. The van der Waals surface area contributed by atoms with E-state index in [4.69, 9.17) is 4.74 Å². The average Bonchev–Trinajstić information content (AvgIpc) is 3.55. The molecule has 0 saturated carbocycles. The summed E-state index contributed by atoms with van der Waals surface area (Å²) in [5, 5.41) is 0. The smallest absolute Gasteiger partial charge is 0.240 e. The van der Waals surface area contributed by atoms with Gasteiger partial charge in [0, 0.05) is 0 Å². The van der Waals surface area contributed by atoms with E-state index in [0.717, 1.165) is 37.4 Å². The number of epoxide rings is 2. The first-order valence-corrected chi connectivity index (χ1v) is 8.24. The van der Waals surface area contributed by atoms with Gasteiger partial charge in [-0.1, -0.05) is 24.3 Å². The topological polar surface area (TPSA) is 83.9 Å². The summed E-state index contributed by atoms with van der Waals surface area (Å²) in [7, 11) is 0. The van der Waals surface area contributed by atoms with Crippen LogP contribution in [0.1, 0.15) is 18.1 Å². The molecule has 4 rings (SSSR count). The maximum Gasteiger partial charge on any atom is 0.240 e. The molecule has 1 unspecified atom stereocenters. The third kappa shape index (κ3) is 8.83. The predicted molar refractivity (Wildman–Crippen MR) is 97.5 cm³/mol. The Bertz CT molecular complexity index is 706. The van der Waals surface area contributed by atoms with E-state index in [-0.39, 0.29) is 0 Å². The van der Waals surface area contributed by atoms with E-state index in [1.165, 1.54) is 12.2 Å². The molecule has 134 valence electrons. The zero-order valence-electron chi connectivity index (χ0n) is 14.6. The van der Waals surface area contributed by atoms with Crippen molar-refractivity contribution in [1.29, 1.82) is 0 Å². The summed E-state index contributed by atoms with van der Waals surface area (Å²) in [6, 6.07) is 14.7. The van der Waals surface area contributed by atoms with Gasteiger partial charge in [0.15, 0.2) is 0 Å². The molecule has 6 heteroatoms. The van der Waals surface area contributed by atoms with Crippen LogP contribution in [0.25, 0.3) is 0 Å². The van der Waals surface area contributed by atoms with E-state index in [1.54, 1.807) is 24.3 Å². The molecule has 6 nitrogen and oxygen atoms in total. The van der Waals surface area contributed by atoms with Crippen LogP contribution in [0.15, 0.2) is 58.5 Å². The molecule has 0 bridgehead atoms. The van der Waals surface area contributed by atoms with E-state index in [1.807, 2.05) is 24.3 Å². The lowest BCUT2D eigenvalue weighted by atomic mass is 10.0. The molecule has 0 aliphatic carbocycles. The van der Waals surface area contributed by atoms with Gasteiger partial charge in [0.05, 0.1) is 37.3 Å². The average molecular weight is 352 g/mol. The van der Waals surface area contributed by atoms with Crippen molar-refractivity contribution < 1.29 is 19.1 Å². The number of nitrogens with zero attached hydrogens (tertiary/aromatic N) is 2. The van der Waals surface area contributed by atoms with Gasteiger partial charge in [0.1, 0.15) is 0 Å². The van der Waals surface area contributed by atoms with Gasteiger partial charge in [-0.05, 0) is 48.7 Å². The first-order valence-electron chi connectivity index (χ1n) is 8.24. The first kappa shape index (κ1) is 19.4. The highest BCUT2D eigenvalue weighted by atomic mass is 16.6. The Balaban J connectivity index is 0.000000285. The van der Waals surface area contributed by atoms with Crippen molar-refractivity contribution in [2.45, 2.75) is 19.4 Å². The molecule has 2 fully saturated rings. The lowest BCUT2D eigenvalue weighted by Crippen LogP contribution is -1.86. The van der Waals surface area contributed by atoms with Crippen molar-refractivity contribution in [3.63, 3.8) is 0 Å². The van der Waals surface area contributed by atoms with Gasteiger partial charge in [-0.25, -0.2) is 9.59 Å². The van der Waals surface area contributed by atoms with E-state index in [9.17, 15) is 9.59 Å². The van der Waals surface area contributed by atoms with Crippen molar-refractivity contribution in [3.05, 3.63) is 59.7 Å². The van der Waals surface area contributed by atoms with Crippen LogP contribution in [0, 0.1) is 0 Å². The van der Waals surface area contributed by atoms with Crippen molar-refractivity contribution in [1.82, 2.24) is 0 Å². The third-order valence-electron chi connectivity index (χ3n) is 3.33. The summed E-state index contributed by atoms with van der Waals surface area (Å²) in [5.74, 6) is 0. The minimum absolute atomic E-state index is 0.583. The molecule has 0 N–H and O–H groups in total. The Kier molecular flexibility index (Phi) is 8.13. The molecule has 2 aromatic carbocycles. The molecule has 2 aliphatic rings. The maximum atomic E-state index is 10.1. The molecule has 2 heterocycles. The molecule has 26 heavy (non-hydrogen) atoms. The van der Waals surface area contributed by atoms with Crippen molar-refractivity contribution in [3.8, 4) is 0 Å². The summed E-state index contributed by atoms with van der Waals surface area (Å²) in [5.41, 5.74) is 3.40. The van der Waals surface area contributed by atoms with Crippen LogP contribution < -0.4 is 0 Å². The van der Waals surface area contributed by atoms with Gasteiger partial charge in [-0.2, -0.15) is 9.98 Å². The number of ether oxygens (including phenoxy) is 2. The van der Waals surface area contributed by atoms with Crippen LogP contribution in [-0.4, -0.2) is 38.1 Å². The number of aliphatic imine (C=N–C) groups is 2. The Morgan fingerprint density at radius 1 is 0.885 bits per heavy atom. The largest absolute Gasteiger partial charge is 0.377 e. The Hall–Kier alpha value is -2.88. The van der Waals surface area contributed by atoms with Crippen molar-refractivity contribution >= 4 is 23.5 Å². The number of hydrogen-bond donors (Lipinski definition) is 0. The minimum atomic E-state index is 0.583. The lowest BCUT2D eigenvalue weighted by molar-refractivity contribution is 0.423. The van der Waals surface area contributed by atoms with Crippen LogP contribution in [-0.2, 0) is 25.5 Å². The van der Waals surface area contributed by atoms with E-state index >= 15 is 0 Å². The molecule has 0 amide bonds. The third-order valence-corrected chi connectivity index (χ3v) is 3.33. The molecule has 2 aromatic rings. The van der Waals surface area contributed by atoms with Crippen LogP contribution >= 0.6 is 0 Å². The Morgan fingerprint density at radius 3 is 1.46 bits per heavy atom. The van der Waals surface area contributed by atoms with E-state index < -0.39 is 0 Å². The molecule has 0 radical (unpaired) electrons. The van der Waals surface area contributed by atoms with Gasteiger partial charge in [-0.15, -0.1) is 0 Å². The molecule has 0 spiro atoms. The number of carbonyl (C=O) groups excluding carboxylic acids is 2. The molecule has 0 aromatic heterocycles. The monoisotopic (exact) mass is 352 g/mol. The summed E-state index contributed by atoms with van der Waals surface area (Å²) >= 11 is 0. The number of hydrogen-bond acceptors (Lipinski definition) is 6. The maximum absolute atomic E-state index is 10.1. The lowest BCUT2D eigenvalue weighted by Gasteiger charge is -2.02. The van der Waals surface area contributed by atoms with Crippen LogP contribution in [0.4, 0.5) is 11.4 Å². The van der Waals surface area contributed by atoms with Gasteiger partial charge < -0.3 is 9.47 Å². The number of benzene rings is 2. The Labute approximate surface area is 152 Å². The molecule has 1 atom stereocenters. The number of rotatable bonds is 4. The highest BCUT2D eigenvalue weighted by Gasteiger charge is 2.13. The van der Waals surface area contributed by atoms with Crippen LogP contribution in [0.3, 0.4) is 0 Å². The summed E-state index contributed by atoms with van der Waals surface area (Å²) in [4.78, 5) is 27.3. The Morgan fingerprint density at radius 2 is 1.23 bits per heavy atom. The fourth-order valence-electron chi connectivity index (χ4n) is 1.81. The fourth-order valence-corrected chi connectivity index (χ4v) is 1.81. The summed E-state index contributed by atoms with van der Waals surface area (Å²) < 4.78 is 9.21.